The van der Waals surface area contributed by atoms with Gasteiger partial charge in [0, 0.05) is 38.8 Å². The van der Waals surface area contributed by atoms with Gasteiger partial charge in [-0.05, 0) is 45.7 Å². The number of sulfonamides is 1. The Labute approximate surface area is 146 Å². The molecule has 0 aromatic carbocycles. The number of amides is 2. The molecule has 2 fully saturated rings. The largest absolute Gasteiger partial charge is 0.336 e. The van der Waals surface area contributed by atoms with Crippen molar-refractivity contribution in [2.75, 3.05) is 51.6 Å². The summed E-state index contributed by atoms with van der Waals surface area (Å²) >= 11 is 0. The van der Waals surface area contributed by atoms with Crippen molar-refractivity contribution in [3.63, 3.8) is 0 Å². The van der Waals surface area contributed by atoms with Crippen LogP contribution in [0.3, 0.4) is 0 Å². The van der Waals surface area contributed by atoms with Gasteiger partial charge in [-0.25, -0.2) is 13.2 Å². The predicted molar refractivity (Wildman–Crippen MR) is 95.4 cm³/mol. The van der Waals surface area contributed by atoms with E-state index in [2.05, 4.69) is 24.1 Å². The summed E-state index contributed by atoms with van der Waals surface area (Å²) in [6.45, 7) is 10.6. The third kappa shape index (κ3) is 5.07. The van der Waals surface area contributed by atoms with Crippen molar-refractivity contribution >= 4 is 16.1 Å². The van der Waals surface area contributed by atoms with Gasteiger partial charge in [0.05, 0.1) is 5.75 Å². The lowest BCUT2D eigenvalue weighted by Gasteiger charge is -2.36. The van der Waals surface area contributed by atoms with Crippen LogP contribution in [0.4, 0.5) is 4.79 Å². The van der Waals surface area contributed by atoms with E-state index in [1.54, 1.807) is 11.8 Å². The molecular formula is C16H32N4O3S. The Balaban J connectivity index is 1.72. The van der Waals surface area contributed by atoms with Crippen LogP contribution in [0.15, 0.2) is 0 Å². The van der Waals surface area contributed by atoms with Crippen molar-refractivity contribution in [3.8, 4) is 0 Å². The Morgan fingerprint density at radius 2 is 1.71 bits per heavy atom. The fraction of sp³-hybridized carbons (Fsp3) is 0.938. The van der Waals surface area contributed by atoms with E-state index < -0.39 is 10.0 Å². The molecule has 0 aliphatic carbocycles. The summed E-state index contributed by atoms with van der Waals surface area (Å²) in [6.07, 6.45) is 2.46. The number of carbonyl (C=O) groups is 1. The molecule has 1 N–H and O–H groups in total. The molecule has 0 spiro atoms. The van der Waals surface area contributed by atoms with E-state index in [1.165, 1.54) is 17.1 Å². The maximum atomic E-state index is 12.3. The summed E-state index contributed by atoms with van der Waals surface area (Å²) in [7, 11) is -3.15. The van der Waals surface area contributed by atoms with E-state index in [4.69, 9.17) is 0 Å². The first kappa shape index (κ1) is 19.5. The Hall–Kier alpha value is -0.860. The minimum Gasteiger partial charge on any atom is -0.336 e. The summed E-state index contributed by atoms with van der Waals surface area (Å²) in [5.74, 6) is 0.921. The van der Waals surface area contributed by atoms with E-state index >= 15 is 0 Å². The highest BCUT2D eigenvalue weighted by atomic mass is 32.2. The average molecular weight is 361 g/mol. The molecule has 0 aromatic rings. The van der Waals surface area contributed by atoms with E-state index in [0.717, 1.165) is 19.0 Å². The van der Waals surface area contributed by atoms with Gasteiger partial charge in [0.2, 0.25) is 10.0 Å². The Morgan fingerprint density at radius 3 is 2.25 bits per heavy atom. The van der Waals surface area contributed by atoms with Crippen molar-refractivity contribution < 1.29 is 13.2 Å². The third-order valence-corrected chi connectivity index (χ3v) is 7.16. The topological polar surface area (TPSA) is 73.0 Å². The summed E-state index contributed by atoms with van der Waals surface area (Å²) in [6, 6.07) is 0.254. The zero-order chi connectivity index (χ0) is 17.7. The maximum Gasteiger partial charge on any atom is 0.317 e. The number of nitrogens with one attached hydrogen (secondary N) is 1. The van der Waals surface area contributed by atoms with E-state index in [-0.39, 0.29) is 11.8 Å². The lowest BCUT2D eigenvalue weighted by Crippen LogP contribution is -2.55. The Bertz CT molecular complexity index is 509. The van der Waals surface area contributed by atoms with Gasteiger partial charge < -0.3 is 10.2 Å². The molecule has 1 atom stereocenters. The number of urea groups is 1. The molecule has 2 aliphatic heterocycles. The Morgan fingerprint density at radius 1 is 1.12 bits per heavy atom. The van der Waals surface area contributed by atoms with Crippen LogP contribution in [-0.2, 0) is 10.0 Å². The second-order valence-electron chi connectivity index (χ2n) is 7.04. The second kappa shape index (κ2) is 8.49. The van der Waals surface area contributed by atoms with Crippen LogP contribution in [0.25, 0.3) is 0 Å². The molecular weight excluding hydrogens is 328 g/mol. The highest BCUT2D eigenvalue weighted by molar-refractivity contribution is 7.89. The summed E-state index contributed by atoms with van der Waals surface area (Å²) in [5, 5.41) is 3.01. The van der Waals surface area contributed by atoms with Gasteiger partial charge in [0.1, 0.15) is 0 Å². The predicted octanol–water partition coefficient (Wildman–Crippen LogP) is 0.784. The fourth-order valence-corrected chi connectivity index (χ4v) is 4.38. The van der Waals surface area contributed by atoms with Crippen molar-refractivity contribution in [1.29, 1.82) is 0 Å². The lowest BCUT2D eigenvalue weighted by atomic mass is 9.98. The second-order valence-corrected chi connectivity index (χ2v) is 9.30. The summed E-state index contributed by atoms with van der Waals surface area (Å²) < 4.78 is 25.2. The van der Waals surface area contributed by atoms with Gasteiger partial charge in [-0.1, -0.05) is 6.92 Å². The monoisotopic (exact) mass is 360 g/mol. The van der Waals surface area contributed by atoms with Crippen LogP contribution in [-0.4, -0.2) is 86.2 Å². The zero-order valence-corrected chi connectivity index (χ0v) is 16.0. The number of carbonyl (C=O) groups excluding carboxylic acids is 1. The number of hydrogen-bond donors (Lipinski definition) is 1. The van der Waals surface area contributed by atoms with Crippen molar-refractivity contribution in [2.45, 2.75) is 39.7 Å². The first-order valence-electron chi connectivity index (χ1n) is 9.08. The van der Waals surface area contributed by atoms with Crippen molar-refractivity contribution in [3.05, 3.63) is 0 Å². The Kier molecular flexibility index (Phi) is 6.88. The number of likely N-dealkylation sites (tertiary alicyclic amines) is 1. The van der Waals surface area contributed by atoms with Crippen LogP contribution >= 0.6 is 0 Å². The van der Waals surface area contributed by atoms with Gasteiger partial charge >= 0.3 is 6.03 Å². The van der Waals surface area contributed by atoms with Crippen LogP contribution in [0.5, 0.6) is 0 Å². The average Bonchev–Trinajstić information content (AvgIpc) is 2.60. The minimum absolute atomic E-state index is 0.0826. The van der Waals surface area contributed by atoms with Gasteiger partial charge in [-0.15, -0.1) is 0 Å². The highest BCUT2D eigenvalue weighted by Crippen LogP contribution is 2.17. The molecule has 2 heterocycles. The first-order chi connectivity index (χ1) is 11.3. The molecule has 7 nitrogen and oxygen atoms in total. The van der Waals surface area contributed by atoms with Crippen molar-refractivity contribution in [1.82, 2.24) is 19.4 Å². The molecule has 1 unspecified atom stereocenters. The number of nitrogens with zero attached hydrogens (tertiary/aromatic N) is 3. The fourth-order valence-electron chi connectivity index (χ4n) is 3.30. The summed E-state index contributed by atoms with van der Waals surface area (Å²) in [5.41, 5.74) is 0. The van der Waals surface area contributed by atoms with Crippen molar-refractivity contribution in [2.24, 2.45) is 5.92 Å². The van der Waals surface area contributed by atoms with Crippen LogP contribution in [0.1, 0.15) is 33.6 Å². The molecule has 140 valence electrons. The maximum absolute atomic E-state index is 12.3. The normalized spacial score (nSPS) is 23.2. The number of rotatable bonds is 5. The van der Waals surface area contributed by atoms with Gasteiger partial charge in [0.25, 0.3) is 0 Å². The SMILES string of the molecule is CCS(=O)(=O)N1CCN(C(=O)NCC(C)N2CCC(C)CC2)CC1. The molecule has 0 bridgehead atoms. The van der Waals surface area contributed by atoms with E-state index in [9.17, 15) is 13.2 Å². The molecule has 2 rings (SSSR count). The lowest BCUT2D eigenvalue weighted by molar-refractivity contribution is 0.138. The molecule has 2 aliphatic rings. The van der Waals surface area contributed by atoms with Gasteiger partial charge in [0.15, 0.2) is 0 Å². The first-order valence-corrected chi connectivity index (χ1v) is 10.7. The standard InChI is InChI=1S/C16H32N4O3S/c1-4-24(22,23)20-11-9-19(10-12-20)16(21)17-13-15(3)18-7-5-14(2)6-8-18/h14-15H,4-13H2,1-3H3,(H,17,21). The quantitative estimate of drug-likeness (QED) is 0.786. The molecule has 8 heteroatoms. The number of piperazine rings is 1. The molecule has 0 saturated carbocycles. The van der Waals surface area contributed by atoms with Crippen LogP contribution < -0.4 is 5.32 Å². The summed E-state index contributed by atoms with van der Waals surface area (Å²) in [4.78, 5) is 16.4. The molecule has 0 radical (unpaired) electrons. The third-order valence-electron chi connectivity index (χ3n) is 5.27. The van der Waals surface area contributed by atoms with E-state index in [0.29, 0.717) is 38.8 Å². The molecule has 2 amide bonds. The van der Waals surface area contributed by atoms with E-state index in [1.807, 2.05) is 0 Å². The van der Waals surface area contributed by atoms with Crippen LogP contribution in [0.2, 0.25) is 0 Å². The molecule has 0 aromatic heterocycles. The zero-order valence-electron chi connectivity index (χ0n) is 15.2. The molecule has 24 heavy (non-hydrogen) atoms. The number of piperidine rings is 1. The highest BCUT2D eigenvalue weighted by Gasteiger charge is 2.28. The van der Waals surface area contributed by atoms with Gasteiger partial charge in [-0.3, -0.25) is 4.90 Å². The minimum atomic E-state index is -3.15. The molecule has 2 saturated heterocycles. The smallest absolute Gasteiger partial charge is 0.317 e. The number of hydrogen-bond acceptors (Lipinski definition) is 4. The van der Waals surface area contributed by atoms with Gasteiger partial charge in [-0.2, -0.15) is 4.31 Å². The van der Waals surface area contributed by atoms with Crippen LogP contribution in [0, 0.1) is 5.92 Å².